The van der Waals surface area contributed by atoms with Gasteiger partial charge in [-0.15, -0.1) is 0 Å². The van der Waals surface area contributed by atoms with Crippen molar-refractivity contribution in [2.75, 3.05) is 0 Å². The summed E-state index contributed by atoms with van der Waals surface area (Å²) in [7, 11) is 0. The summed E-state index contributed by atoms with van der Waals surface area (Å²) >= 11 is 0. The molecule has 2 heteroatoms. The van der Waals surface area contributed by atoms with Gasteiger partial charge in [-0.3, -0.25) is 0 Å². The van der Waals surface area contributed by atoms with Gasteiger partial charge in [-0.05, 0) is 68.1 Å². The third kappa shape index (κ3) is 2.80. The van der Waals surface area contributed by atoms with E-state index in [-0.39, 0.29) is 0 Å². The average Bonchev–Trinajstić information content (AvgIpc) is 2.80. The van der Waals surface area contributed by atoms with Crippen LogP contribution in [-0.2, 0) is 0 Å². The van der Waals surface area contributed by atoms with Crippen LogP contribution in [0.25, 0.3) is 49.1 Å². The standard InChI is InChI=1S/C28H20N2/c1-2-18(17-29)15-26(30)23-8-4-7-22(16-23)24-13-11-21-10-9-19-5-3-6-20-12-14-25(24)28(21)27(19)20/h2-16H,30H2,1H3/b18-2+,26-15-. The largest absolute Gasteiger partial charge is 0.398 e. The molecule has 0 atom stereocenters. The topological polar surface area (TPSA) is 49.8 Å². The minimum Gasteiger partial charge on any atom is -0.398 e. The third-order valence-electron chi connectivity index (χ3n) is 5.79. The van der Waals surface area contributed by atoms with E-state index in [1.54, 1.807) is 12.2 Å². The van der Waals surface area contributed by atoms with Crippen molar-refractivity contribution in [3.05, 3.63) is 102 Å². The number of hydrogen-bond acceptors (Lipinski definition) is 2. The monoisotopic (exact) mass is 384 g/mol. The molecule has 0 heterocycles. The molecular formula is C28H20N2. The minimum atomic E-state index is 0.556. The molecule has 0 amide bonds. The summed E-state index contributed by atoms with van der Waals surface area (Å²) < 4.78 is 0. The molecule has 0 aromatic heterocycles. The molecule has 5 aromatic carbocycles. The molecule has 0 bridgehead atoms. The lowest BCUT2D eigenvalue weighted by molar-refractivity contribution is 1.46. The van der Waals surface area contributed by atoms with Crippen molar-refractivity contribution >= 4 is 38.0 Å². The number of benzene rings is 5. The maximum atomic E-state index is 9.19. The first kappa shape index (κ1) is 18.0. The number of nitrogens with two attached hydrogens (primary N) is 1. The van der Waals surface area contributed by atoms with Crippen molar-refractivity contribution in [1.29, 1.82) is 5.26 Å². The highest BCUT2D eigenvalue weighted by Crippen LogP contribution is 2.39. The van der Waals surface area contributed by atoms with Crippen LogP contribution in [0.15, 0.2) is 96.6 Å². The Bertz CT molecular complexity index is 1500. The molecule has 30 heavy (non-hydrogen) atoms. The predicted molar refractivity (Wildman–Crippen MR) is 127 cm³/mol. The molecule has 2 nitrogen and oxygen atoms in total. The zero-order valence-corrected chi connectivity index (χ0v) is 16.7. The smallest absolute Gasteiger partial charge is 0.0988 e. The lowest BCUT2D eigenvalue weighted by atomic mass is 9.89. The molecule has 5 aromatic rings. The molecule has 0 radical (unpaired) electrons. The highest BCUT2D eigenvalue weighted by atomic mass is 14.6. The van der Waals surface area contributed by atoms with Crippen LogP contribution in [0.2, 0.25) is 0 Å². The van der Waals surface area contributed by atoms with Gasteiger partial charge in [0.15, 0.2) is 0 Å². The van der Waals surface area contributed by atoms with Crippen LogP contribution in [0.4, 0.5) is 0 Å². The number of nitriles is 1. The normalized spacial score (nSPS) is 12.7. The SMILES string of the molecule is C/C=C(C#N)\C=C(/N)c1cccc(-c2ccc3ccc4cccc5ccc2c3c45)c1. The van der Waals surface area contributed by atoms with Crippen molar-refractivity contribution < 1.29 is 0 Å². The number of nitrogens with zero attached hydrogens (tertiary/aromatic N) is 1. The Morgan fingerprint density at radius 3 is 2.23 bits per heavy atom. The van der Waals surface area contributed by atoms with Crippen molar-refractivity contribution in [1.82, 2.24) is 0 Å². The number of hydrogen-bond donors (Lipinski definition) is 1. The zero-order chi connectivity index (χ0) is 20.7. The Morgan fingerprint density at radius 2 is 1.50 bits per heavy atom. The maximum Gasteiger partial charge on any atom is 0.0988 e. The highest BCUT2D eigenvalue weighted by molar-refractivity contribution is 6.25. The Labute approximate surface area is 175 Å². The van der Waals surface area contributed by atoms with Crippen LogP contribution in [0, 0.1) is 11.3 Å². The Morgan fingerprint density at radius 1 is 0.833 bits per heavy atom. The summed E-state index contributed by atoms with van der Waals surface area (Å²) in [6, 6.07) is 30.0. The minimum absolute atomic E-state index is 0.556. The molecule has 0 aliphatic carbocycles. The van der Waals surface area contributed by atoms with E-state index < -0.39 is 0 Å². The number of allylic oxidation sites excluding steroid dienone is 3. The maximum absolute atomic E-state index is 9.19. The van der Waals surface area contributed by atoms with Gasteiger partial charge < -0.3 is 5.73 Å². The second kappa shape index (κ2) is 7.06. The molecule has 0 spiro atoms. The summed E-state index contributed by atoms with van der Waals surface area (Å²) in [5.41, 5.74) is 10.6. The van der Waals surface area contributed by atoms with E-state index in [1.807, 2.05) is 19.1 Å². The van der Waals surface area contributed by atoms with Crippen LogP contribution < -0.4 is 5.73 Å². The number of rotatable bonds is 3. The van der Waals surface area contributed by atoms with Gasteiger partial charge in [-0.1, -0.05) is 78.9 Å². The van der Waals surface area contributed by atoms with Crippen molar-refractivity contribution in [2.45, 2.75) is 6.92 Å². The Kier molecular flexibility index (Phi) is 4.23. The van der Waals surface area contributed by atoms with Gasteiger partial charge in [0.1, 0.15) is 0 Å². The molecule has 142 valence electrons. The second-order valence-corrected chi connectivity index (χ2v) is 7.51. The molecule has 0 unspecified atom stereocenters. The molecule has 0 fully saturated rings. The Balaban J connectivity index is 1.74. The van der Waals surface area contributed by atoms with Gasteiger partial charge in [0.05, 0.1) is 6.07 Å². The van der Waals surface area contributed by atoms with Crippen molar-refractivity contribution in [3.63, 3.8) is 0 Å². The third-order valence-corrected chi connectivity index (χ3v) is 5.79. The van der Waals surface area contributed by atoms with Gasteiger partial charge in [-0.25, -0.2) is 0 Å². The summed E-state index contributed by atoms with van der Waals surface area (Å²) in [6.07, 6.45) is 3.49. The fraction of sp³-hybridized carbons (Fsp3) is 0.0357. The molecule has 2 N–H and O–H groups in total. The summed E-state index contributed by atoms with van der Waals surface area (Å²) in [4.78, 5) is 0. The second-order valence-electron chi connectivity index (χ2n) is 7.51. The molecule has 5 rings (SSSR count). The van der Waals surface area contributed by atoms with Gasteiger partial charge >= 0.3 is 0 Å². The van der Waals surface area contributed by atoms with E-state index in [0.717, 1.165) is 11.1 Å². The molecule has 0 saturated carbocycles. The highest BCUT2D eigenvalue weighted by Gasteiger charge is 2.12. The summed E-state index contributed by atoms with van der Waals surface area (Å²) in [6.45, 7) is 1.84. The van der Waals surface area contributed by atoms with Crippen LogP contribution in [0.3, 0.4) is 0 Å². The van der Waals surface area contributed by atoms with Crippen molar-refractivity contribution in [3.8, 4) is 17.2 Å². The van der Waals surface area contributed by atoms with Gasteiger partial charge in [0.2, 0.25) is 0 Å². The summed E-state index contributed by atoms with van der Waals surface area (Å²) in [5.74, 6) is 0. The van der Waals surface area contributed by atoms with Gasteiger partial charge in [0.25, 0.3) is 0 Å². The lowest BCUT2D eigenvalue weighted by Crippen LogP contribution is -1.97. The molecule has 0 aliphatic rings. The van der Waals surface area contributed by atoms with Crippen LogP contribution in [0.1, 0.15) is 12.5 Å². The van der Waals surface area contributed by atoms with E-state index in [0.29, 0.717) is 11.3 Å². The van der Waals surface area contributed by atoms with Gasteiger partial charge in [0, 0.05) is 11.3 Å². The predicted octanol–water partition coefficient (Wildman–Crippen LogP) is 7.02. The first-order valence-electron chi connectivity index (χ1n) is 10.0. The van der Waals surface area contributed by atoms with E-state index in [9.17, 15) is 5.26 Å². The quantitative estimate of drug-likeness (QED) is 0.206. The van der Waals surface area contributed by atoms with Crippen LogP contribution in [0.5, 0.6) is 0 Å². The molecule has 0 aliphatic heterocycles. The van der Waals surface area contributed by atoms with Crippen molar-refractivity contribution in [2.24, 2.45) is 5.73 Å². The van der Waals surface area contributed by atoms with E-state index in [4.69, 9.17) is 5.73 Å². The van der Waals surface area contributed by atoms with Gasteiger partial charge in [-0.2, -0.15) is 5.26 Å². The first-order chi connectivity index (χ1) is 14.7. The van der Waals surface area contributed by atoms with Crippen LogP contribution >= 0.6 is 0 Å². The fourth-order valence-electron chi connectivity index (χ4n) is 4.28. The first-order valence-corrected chi connectivity index (χ1v) is 10.0. The zero-order valence-electron chi connectivity index (χ0n) is 16.7. The lowest BCUT2D eigenvalue weighted by Gasteiger charge is -2.14. The van der Waals surface area contributed by atoms with E-state index in [1.165, 1.54) is 37.9 Å². The van der Waals surface area contributed by atoms with E-state index in [2.05, 4.69) is 72.8 Å². The average molecular weight is 384 g/mol. The molecular weight excluding hydrogens is 364 g/mol. The summed E-state index contributed by atoms with van der Waals surface area (Å²) in [5, 5.41) is 16.8. The fourth-order valence-corrected chi connectivity index (χ4v) is 4.28. The molecule has 0 saturated heterocycles. The van der Waals surface area contributed by atoms with Crippen LogP contribution in [-0.4, -0.2) is 0 Å². The Hall–Kier alpha value is -4.09. The van der Waals surface area contributed by atoms with E-state index >= 15 is 0 Å².